The van der Waals surface area contributed by atoms with Gasteiger partial charge in [-0.3, -0.25) is 0 Å². The average Bonchev–Trinajstić information content (AvgIpc) is 3.18. The van der Waals surface area contributed by atoms with Crippen molar-refractivity contribution in [1.82, 2.24) is 14.5 Å². The van der Waals surface area contributed by atoms with Gasteiger partial charge >= 0.3 is 0 Å². The molecule has 0 spiro atoms. The number of hydrogen-bond acceptors (Lipinski definition) is 4. The predicted octanol–water partition coefficient (Wildman–Crippen LogP) is 2.87. The molecule has 1 N–H and O–H groups in total. The van der Waals surface area contributed by atoms with Crippen molar-refractivity contribution < 1.29 is 0 Å². The van der Waals surface area contributed by atoms with E-state index in [2.05, 4.69) is 25.9 Å². The van der Waals surface area contributed by atoms with E-state index in [9.17, 15) is 0 Å². The number of nitrogens with one attached hydrogen (secondary N) is 1. The fraction of sp³-hybridized carbons (Fsp3) is 0.438. The van der Waals surface area contributed by atoms with Crippen molar-refractivity contribution in [2.75, 3.05) is 5.32 Å². The molecule has 3 rings (SSSR count). The summed E-state index contributed by atoms with van der Waals surface area (Å²) in [6.07, 6.45) is 6.24. The van der Waals surface area contributed by atoms with Gasteiger partial charge in [0, 0.05) is 19.4 Å². The lowest BCUT2D eigenvalue weighted by Crippen LogP contribution is -2.18. The molecule has 1 unspecified atom stereocenters. The Morgan fingerprint density at radius 1 is 1.43 bits per heavy atom. The molecule has 21 heavy (non-hydrogen) atoms. The van der Waals surface area contributed by atoms with E-state index in [0.29, 0.717) is 11.5 Å². The molecule has 2 aromatic rings. The molecule has 0 radical (unpaired) electrons. The van der Waals surface area contributed by atoms with Gasteiger partial charge in [0.1, 0.15) is 17.7 Å². The molecule has 5 heteroatoms. The summed E-state index contributed by atoms with van der Waals surface area (Å²) in [6.45, 7) is 3.83. The fourth-order valence-corrected chi connectivity index (χ4v) is 2.73. The van der Waals surface area contributed by atoms with E-state index in [4.69, 9.17) is 5.26 Å². The quantitative estimate of drug-likeness (QED) is 0.935. The third-order valence-corrected chi connectivity index (χ3v) is 4.04. The Morgan fingerprint density at radius 2 is 2.19 bits per heavy atom. The van der Waals surface area contributed by atoms with Gasteiger partial charge in [-0.25, -0.2) is 9.97 Å². The zero-order valence-corrected chi connectivity index (χ0v) is 12.6. The normalized spacial score (nSPS) is 15.5. The summed E-state index contributed by atoms with van der Waals surface area (Å²) in [4.78, 5) is 9.00. The smallest absolute Gasteiger partial charge is 0.131 e. The van der Waals surface area contributed by atoms with Crippen molar-refractivity contribution in [3.8, 4) is 6.07 Å². The Kier molecular flexibility index (Phi) is 3.38. The largest absolute Gasteiger partial charge is 0.360 e. The van der Waals surface area contributed by atoms with E-state index in [0.717, 1.165) is 22.9 Å². The van der Waals surface area contributed by atoms with Gasteiger partial charge in [-0.05, 0) is 44.2 Å². The minimum Gasteiger partial charge on any atom is -0.360 e. The fourth-order valence-electron chi connectivity index (χ4n) is 2.73. The van der Waals surface area contributed by atoms with Crippen LogP contribution in [-0.4, -0.2) is 14.5 Å². The van der Waals surface area contributed by atoms with Crippen molar-refractivity contribution in [2.24, 2.45) is 13.0 Å². The first-order valence-electron chi connectivity index (χ1n) is 7.22. The van der Waals surface area contributed by atoms with Crippen LogP contribution < -0.4 is 5.32 Å². The van der Waals surface area contributed by atoms with Crippen molar-refractivity contribution in [2.45, 2.75) is 32.7 Å². The standard InChI is InChI=1S/C16H19N5/c1-10-8-14(19-11(2)13(10)9-17)20-15(12-4-5-12)16-18-6-7-21(16)3/h6-8,12,15H,4-5H2,1-3H3,(H,19,20). The zero-order chi connectivity index (χ0) is 15.0. The van der Waals surface area contributed by atoms with E-state index in [1.54, 1.807) is 0 Å². The molecule has 1 aliphatic rings. The van der Waals surface area contributed by atoms with Crippen LogP contribution in [-0.2, 0) is 7.05 Å². The molecule has 0 aromatic carbocycles. The van der Waals surface area contributed by atoms with Crippen LogP contribution in [0.25, 0.3) is 0 Å². The highest BCUT2D eigenvalue weighted by Gasteiger charge is 2.35. The highest BCUT2D eigenvalue weighted by atomic mass is 15.1. The van der Waals surface area contributed by atoms with Crippen molar-refractivity contribution in [3.05, 3.63) is 41.1 Å². The molecule has 1 fully saturated rings. The van der Waals surface area contributed by atoms with Crippen LogP contribution in [0.5, 0.6) is 0 Å². The summed E-state index contributed by atoms with van der Waals surface area (Å²) in [7, 11) is 2.02. The minimum absolute atomic E-state index is 0.184. The Morgan fingerprint density at radius 3 is 2.71 bits per heavy atom. The van der Waals surface area contributed by atoms with Crippen LogP contribution in [0, 0.1) is 31.1 Å². The maximum atomic E-state index is 9.13. The minimum atomic E-state index is 0.184. The molecule has 1 saturated carbocycles. The number of hydrogen-bond donors (Lipinski definition) is 1. The number of nitrogens with zero attached hydrogens (tertiary/aromatic N) is 4. The van der Waals surface area contributed by atoms with Crippen molar-refractivity contribution in [1.29, 1.82) is 5.26 Å². The summed E-state index contributed by atoms with van der Waals surface area (Å²) >= 11 is 0. The first-order chi connectivity index (χ1) is 10.1. The first-order valence-corrected chi connectivity index (χ1v) is 7.22. The second-order valence-electron chi connectivity index (χ2n) is 5.75. The molecule has 5 nitrogen and oxygen atoms in total. The Hall–Kier alpha value is -2.35. The lowest BCUT2D eigenvalue weighted by Gasteiger charge is -2.19. The molecule has 0 saturated heterocycles. The van der Waals surface area contributed by atoms with Gasteiger partial charge in [0.2, 0.25) is 0 Å². The summed E-state index contributed by atoms with van der Waals surface area (Å²) in [5.74, 6) is 2.48. The van der Waals surface area contributed by atoms with Gasteiger partial charge in [0.15, 0.2) is 0 Å². The van der Waals surface area contributed by atoms with E-state index in [-0.39, 0.29) is 6.04 Å². The lowest BCUT2D eigenvalue weighted by molar-refractivity contribution is 0.604. The van der Waals surface area contributed by atoms with E-state index in [1.165, 1.54) is 12.8 Å². The molecule has 0 bridgehead atoms. The number of nitriles is 1. The van der Waals surface area contributed by atoms with E-state index < -0.39 is 0 Å². The van der Waals surface area contributed by atoms with Gasteiger partial charge in [-0.1, -0.05) is 0 Å². The molecule has 1 aliphatic carbocycles. The molecule has 108 valence electrons. The monoisotopic (exact) mass is 281 g/mol. The molecular weight excluding hydrogens is 262 g/mol. The van der Waals surface area contributed by atoms with E-state index >= 15 is 0 Å². The Balaban J connectivity index is 1.91. The number of pyridine rings is 1. The van der Waals surface area contributed by atoms with Crippen LogP contribution in [0.4, 0.5) is 5.82 Å². The summed E-state index contributed by atoms with van der Waals surface area (Å²) in [6, 6.07) is 4.34. The molecule has 2 heterocycles. The number of aromatic nitrogens is 3. The number of aryl methyl sites for hydroxylation is 3. The number of rotatable bonds is 4. The molecule has 0 aliphatic heterocycles. The van der Waals surface area contributed by atoms with E-state index in [1.807, 2.05) is 39.4 Å². The van der Waals surface area contributed by atoms with Gasteiger partial charge in [-0.15, -0.1) is 0 Å². The van der Waals surface area contributed by atoms with Crippen LogP contribution >= 0.6 is 0 Å². The maximum Gasteiger partial charge on any atom is 0.131 e. The molecule has 2 aromatic heterocycles. The Bertz CT molecular complexity index is 683. The van der Waals surface area contributed by atoms with Gasteiger partial charge in [-0.2, -0.15) is 5.26 Å². The first kappa shape index (κ1) is 13.6. The van der Waals surface area contributed by atoms with Crippen LogP contribution in [0.2, 0.25) is 0 Å². The highest BCUT2D eigenvalue weighted by molar-refractivity contribution is 5.49. The second-order valence-corrected chi connectivity index (χ2v) is 5.75. The van der Waals surface area contributed by atoms with Crippen LogP contribution in [0.1, 0.15) is 41.5 Å². The van der Waals surface area contributed by atoms with Crippen molar-refractivity contribution >= 4 is 5.82 Å². The summed E-state index contributed by atoms with van der Waals surface area (Å²) in [5.41, 5.74) is 2.40. The summed E-state index contributed by atoms with van der Waals surface area (Å²) < 4.78 is 2.05. The third-order valence-electron chi connectivity index (χ3n) is 4.04. The van der Waals surface area contributed by atoms with Gasteiger partial charge in [0.05, 0.1) is 17.3 Å². The summed E-state index contributed by atoms with van der Waals surface area (Å²) in [5, 5.41) is 12.6. The SMILES string of the molecule is Cc1cc(NC(c2nccn2C)C2CC2)nc(C)c1C#N. The number of anilines is 1. The van der Waals surface area contributed by atoms with Crippen molar-refractivity contribution in [3.63, 3.8) is 0 Å². The molecule has 1 atom stereocenters. The topological polar surface area (TPSA) is 66.5 Å². The Labute approximate surface area is 124 Å². The predicted molar refractivity (Wildman–Crippen MR) is 80.7 cm³/mol. The maximum absolute atomic E-state index is 9.13. The third kappa shape index (κ3) is 2.62. The van der Waals surface area contributed by atoms with Crippen LogP contribution in [0.15, 0.2) is 18.5 Å². The second kappa shape index (κ2) is 5.21. The molecule has 0 amide bonds. The number of imidazole rings is 1. The van der Waals surface area contributed by atoms with Gasteiger partial charge in [0.25, 0.3) is 0 Å². The lowest BCUT2D eigenvalue weighted by atomic mass is 10.1. The highest BCUT2D eigenvalue weighted by Crippen LogP contribution is 2.42. The zero-order valence-electron chi connectivity index (χ0n) is 12.6. The average molecular weight is 281 g/mol. The van der Waals surface area contributed by atoms with Crippen LogP contribution in [0.3, 0.4) is 0 Å². The van der Waals surface area contributed by atoms with Gasteiger partial charge < -0.3 is 9.88 Å². The molecular formula is C16H19N5.